The number of aliphatic hydroxyl groups excluding tert-OH is 1. The smallest absolute Gasteiger partial charge is 0.325 e. The van der Waals surface area contributed by atoms with Gasteiger partial charge in [0.1, 0.15) is 24.0 Å². The zero-order valence-corrected chi connectivity index (χ0v) is 14.2. The number of carbonyl (C=O) groups is 2. The second kappa shape index (κ2) is 6.46. The predicted molar refractivity (Wildman–Crippen MR) is 94.6 cm³/mol. The monoisotopic (exact) mass is 352 g/mol. The van der Waals surface area contributed by atoms with Crippen molar-refractivity contribution in [2.45, 2.75) is 24.5 Å². The first-order valence-corrected chi connectivity index (χ1v) is 8.68. The molecular formula is C20H20N2O4. The number of aliphatic hydroxyl groups is 1. The van der Waals surface area contributed by atoms with Gasteiger partial charge in [0.15, 0.2) is 0 Å². The van der Waals surface area contributed by atoms with Crippen LogP contribution in [0.2, 0.25) is 0 Å². The number of rotatable bonds is 5. The van der Waals surface area contributed by atoms with Gasteiger partial charge in [-0.05, 0) is 36.1 Å². The van der Waals surface area contributed by atoms with E-state index >= 15 is 0 Å². The van der Waals surface area contributed by atoms with Crippen molar-refractivity contribution in [1.29, 1.82) is 0 Å². The molecule has 134 valence electrons. The molecule has 1 spiro atoms. The van der Waals surface area contributed by atoms with Crippen LogP contribution in [0.1, 0.15) is 17.5 Å². The summed E-state index contributed by atoms with van der Waals surface area (Å²) in [7, 11) is 0. The number of urea groups is 1. The van der Waals surface area contributed by atoms with Crippen molar-refractivity contribution in [1.82, 2.24) is 10.2 Å². The average Bonchev–Trinajstić information content (AvgIpc) is 3.15. The first-order valence-electron chi connectivity index (χ1n) is 8.68. The minimum Gasteiger partial charge on any atom is -0.491 e. The van der Waals surface area contributed by atoms with Gasteiger partial charge in [-0.25, -0.2) is 4.79 Å². The molecule has 1 aliphatic heterocycles. The van der Waals surface area contributed by atoms with Crippen molar-refractivity contribution in [2.75, 3.05) is 13.2 Å². The third-order valence-corrected chi connectivity index (χ3v) is 5.00. The molecule has 1 saturated heterocycles. The zero-order chi connectivity index (χ0) is 18.1. The number of ether oxygens (including phenoxy) is 1. The summed E-state index contributed by atoms with van der Waals surface area (Å²) in [6.07, 6.45) is 0.330. The first kappa shape index (κ1) is 16.6. The second-order valence-electron chi connectivity index (χ2n) is 6.69. The van der Waals surface area contributed by atoms with Crippen LogP contribution >= 0.6 is 0 Å². The number of imide groups is 1. The van der Waals surface area contributed by atoms with E-state index in [2.05, 4.69) is 5.32 Å². The van der Waals surface area contributed by atoms with Gasteiger partial charge in [0.25, 0.3) is 5.91 Å². The molecule has 0 aromatic heterocycles. The number of fused-ring (bicyclic) bond motifs is 2. The highest BCUT2D eigenvalue weighted by Crippen LogP contribution is 2.41. The summed E-state index contributed by atoms with van der Waals surface area (Å²) < 4.78 is 5.50. The Hall–Kier alpha value is -2.86. The fourth-order valence-corrected chi connectivity index (χ4v) is 3.73. The number of carbonyl (C=O) groups excluding carboxylic acids is 2. The topological polar surface area (TPSA) is 78.9 Å². The van der Waals surface area contributed by atoms with Crippen molar-refractivity contribution < 1.29 is 19.4 Å². The van der Waals surface area contributed by atoms with Crippen LogP contribution in [0.5, 0.6) is 5.75 Å². The Bertz CT molecular complexity index is 839. The molecule has 0 unspecified atom stereocenters. The third-order valence-electron chi connectivity index (χ3n) is 5.00. The molecule has 6 heteroatoms. The molecule has 0 saturated carbocycles. The van der Waals surface area contributed by atoms with E-state index in [4.69, 9.17) is 4.74 Å². The SMILES string of the molecule is O=C1N[C@]2(CCc3ccccc32)C(=O)N1C[C@H](O)COc1ccccc1. The Morgan fingerprint density at radius 1 is 1.12 bits per heavy atom. The Labute approximate surface area is 151 Å². The molecule has 2 N–H and O–H groups in total. The summed E-state index contributed by atoms with van der Waals surface area (Å²) >= 11 is 0. The lowest BCUT2D eigenvalue weighted by Gasteiger charge is -2.23. The van der Waals surface area contributed by atoms with Crippen molar-refractivity contribution >= 4 is 11.9 Å². The largest absolute Gasteiger partial charge is 0.491 e. The number of amides is 3. The van der Waals surface area contributed by atoms with Crippen molar-refractivity contribution in [2.24, 2.45) is 0 Å². The highest BCUT2D eigenvalue weighted by molar-refractivity contribution is 6.08. The standard InChI is InChI=1S/C20H20N2O4/c23-15(13-26-16-7-2-1-3-8-16)12-22-18(24)20(21-19(22)25)11-10-14-6-4-5-9-17(14)20/h1-9,15,23H,10-13H2,(H,21,25)/t15-,20-/m0/s1. The fraction of sp³-hybridized carbons (Fsp3) is 0.300. The average molecular weight is 352 g/mol. The summed E-state index contributed by atoms with van der Waals surface area (Å²) in [4.78, 5) is 26.5. The summed E-state index contributed by atoms with van der Waals surface area (Å²) in [6.45, 7) is -0.0912. The van der Waals surface area contributed by atoms with Gasteiger partial charge in [0, 0.05) is 0 Å². The first-order chi connectivity index (χ1) is 12.6. The minimum atomic E-state index is -0.992. The maximum atomic E-state index is 13.0. The normalized spacial score (nSPS) is 22.4. The summed E-state index contributed by atoms with van der Waals surface area (Å²) in [5, 5.41) is 13.1. The minimum absolute atomic E-state index is 0.00462. The number of benzene rings is 2. The lowest BCUT2D eigenvalue weighted by atomic mass is 9.92. The molecule has 2 aliphatic rings. The van der Waals surface area contributed by atoms with E-state index < -0.39 is 17.7 Å². The maximum absolute atomic E-state index is 13.0. The van der Waals surface area contributed by atoms with Crippen LogP contribution in [0.15, 0.2) is 54.6 Å². The van der Waals surface area contributed by atoms with Crippen LogP contribution in [-0.4, -0.2) is 41.2 Å². The van der Waals surface area contributed by atoms with Gasteiger partial charge in [-0.2, -0.15) is 0 Å². The highest BCUT2D eigenvalue weighted by atomic mass is 16.5. The van der Waals surface area contributed by atoms with Crippen LogP contribution in [0.4, 0.5) is 4.79 Å². The van der Waals surface area contributed by atoms with E-state index in [1.807, 2.05) is 42.5 Å². The number of hydrogen-bond donors (Lipinski definition) is 2. The maximum Gasteiger partial charge on any atom is 0.325 e. The summed E-state index contributed by atoms with van der Waals surface area (Å²) in [5.41, 5.74) is 0.945. The summed E-state index contributed by atoms with van der Waals surface area (Å²) in [5.74, 6) is 0.330. The molecule has 0 radical (unpaired) electrons. The predicted octanol–water partition coefficient (Wildman–Crippen LogP) is 1.82. The van der Waals surface area contributed by atoms with Gasteiger partial charge < -0.3 is 15.2 Å². The van der Waals surface area contributed by atoms with Crippen LogP contribution in [0, 0.1) is 0 Å². The molecule has 2 aromatic rings. The molecule has 1 heterocycles. The highest BCUT2D eigenvalue weighted by Gasteiger charge is 2.55. The Kier molecular flexibility index (Phi) is 4.12. The molecule has 1 fully saturated rings. The van der Waals surface area contributed by atoms with Gasteiger partial charge in [0.2, 0.25) is 0 Å². The van der Waals surface area contributed by atoms with Crippen LogP contribution in [-0.2, 0) is 16.8 Å². The molecule has 0 bridgehead atoms. The number of para-hydroxylation sites is 1. The number of nitrogens with one attached hydrogen (secondary N) is 1. The Morgan fingerprint density at radius 3 is 2.65 bits per heavy atom. The van der Waals surface area contributed by atoms with Gasteiger partial charge in [-0.1, -0.05) is 42.5 Å². The number of β-amino-alcohol motifs (C(OH)–C–C–N with tert-alkyl or cyclic N) is 1. The third kappa shape index (κ3) is 2.72. The van der Waals surface area contributed by atoms with Gasteiger partial charge in [-0.3, -0.25) is 9.69 Å². The number of aryl methyl sites for hydroxylation is 1. The molecule has 2 aromatic carbocycles. The van der Waals surface area contributed by atoms with Gasteiger partial charge in [0.05, 0.1) is 6.54 Å². The number of hydrogen-bond acceptors (Lipinski definition) is 4. The van der Waals surface area contributed by atoms with E-state index in [1.54, 1.807) is 12.1 Å². The van der Waals surface area contributed by atoms with Crippen LogP contribution in [0.3, 0.4) is 0 Å². The van der Waals surface area contributed by atoms with E-state index in [1.165, 1.54) is 0 Å². The van der Waals surface area contributed by atoms with Crippen molar-refractivity contribution in [3.05, 3.63) is 65.7 Å². The van der Waals surface area contributed by atoms with Crippen molar-refractivity contribution in [3.8, 4) is 5.75 Å². The molecular weight excluding hydrogens is 332 g/mol. The van der Waals surface area contributed by atoms with E-state index in [-0.39, 0.29) is 19.1 Å². The second-order valence-corrected chi connectivity index (χ2v) is 6.69. The molecule has 4 rings (SSSR count). The molecule has 6 nitrogen and oxygen atoms in total. The summed E-state index contributed by atoms with van der Waals surface area (Å²) in [6, 6.07) is 16.3. The zero-order valence-electron chi connectivity index (χ0n) is 14.2. The van der Waals surface area contributed by atoms with Crippen LogP contribution < -0.4 is 10.1 Å². The van der Waals surface area contributed by atoms with E-state index in [0.29, 0.717) is 12.2 Å². The molecule has 2 atom stereocenters. The lowest BCUT2D eigenvalue weighted by molar-refractivity contribution is -0.132. The molecule has 1 aliphatic carbocycles. The quantitative estimate of drug-likeness (QED) is 0.805. The fourth-order valence-electron chi connectivity index (χ4n) is 3.73. The Balaban J connectivity index is 1.45. The molecule has 3 amide bonds. The van der Waals surface area contributed by atoms with Gasteiger partial charge in [-0.15, -0.1) is 0 Å². The van der Waals surface area contributed by atoms with Gasteiger partial charge >= 0.3 is 6.03 Å². The Morgan fingerprint density at radius 2 is 1.85 bits per heavy atom. The van der Waals surface area contributed by atoms with Crippen molar-refractivity contribution in [3.63, 3.8) is 0 Å². The number of nitrogens with zero attached hydrogens (tertiary/aromatic N) is 1. The lowest BCUT2D eigenvalue weighted by Crippen LogP contribution is -2.43. The van der Waals surface area contributed by atoms with Crippen LogP contribution in [0.25, 0.3) is 0 Å². The van der Waals surface area contributed by atoms with E-state index in [9.17, 15) is 14.7 Å². The van der Waals surface area contributed by atoms with E-state index in [0.717, 1.165) is 22.4 Å². The molecule has 26 heavy (non-hydrogen) atoms.